The normalized spacial score (nSPS) is 11.6. The summed E-state index contributed by atoms with van der Waals surface area (Å²) < 4.78 is 1.04. The highest BCUT2D eigenvalue weighted by Gasteiger charge is 2.15. The highest BCUT2D eigenvalue weighted by atomic mass is 79.9. The summed E-state index contributed by atoms with van der Waals surface area (Å²) in [6, 6.07) is 31.5. The summed E-state index contributed by atoms with van der Waals surface area (Å²) in [7, 11) is 0. The van der Waals surface area contributed by atoms with Crippen molar-refractivity contribution in [2.24, 2.45) is 0 Å². The fourth-order valence-electron chi connectivity index (χ4n) is 4.13. The highest BCUT2D eigenvalue weighted by Crippen LogP contribution is 2.38. The molecule has 0 atom stereocenters. The molecule has 0 aliphatic carbocycles. The van der Waals surface area contributed by atoms with Crippen molar-refractivity contribution in [3.05, 3.63) is 95.5 Å². The van der Waals surface area contributed by atoms with Gasteiger partial charge in [-0.2, -0.15) is 0 Å². The molecule has 0 saturated heterocycles. The Morgan fingerprint density at radius 3 is 2.28 bits per heavy atom. The van der Waals surface area contributed by atoms with E-state index in [4.69, 9.17) is 9.97 Å². The van der Waals surface area contributed by atoms with Crippen LogP contribution in [0.4, 0.5) is 0 Å². The van der Waals surface area contributed by atoms with Crippen LogP contribution in [0.1, 0.15) is 0 Å². The number of pyridine rings is 2. The van der Waals surface area contributed by atoms with Crippen molar-refractivity contribution in [2.75, 3.05) is 0 Å². The van der Waals surface area contributed by atoms with Gasteiger partial charge in [-0.3, -0.25) is 0 Å². The van der Waals surface area contributed by atoms with Crippen molar-refractivity contribution in [1.82, 2.24) is 9.97 Å². The van der Waals surface area contributed by atoms with Gasteiger partial charge in [-0.05, 0) is 35.7 Å². The molecule has 0 aliphatic rings. The van der Waals surface area contributed by atoms with Crippen LogP contribution in [0, 0.1) is 0 Å². The molecule has 3 heteroatoms. The van der Waals surface area contributed by atoms with Crippen LogP contribution in [0.25, 0.3) is 54.7 Å². The van der Waals surface area contributed by atoms with E-state index in [-0.39, 0.29) is 0 Å². The van der Waals surface area contributed by atoms with E-state index in [0.717, 1.165) is 53.8 Å². The molecule has 0 radical (unpaired) electrons. The lowest BCUT2D eigenvalue weighted by Gasteiger charge is -2.13. The number of nitrogens with zero attached hydrogens (tertiary/aromatic N) is 2. The molecule has 0 saturated carbocycles. The number of benzene rings is 4. The molecule has 2 aromatic heterocycles. The van der Waals surface area contributed by atoms with Gasteiger partial charge in [-0.15, -0.1) is 0 Å². The Balaban J connectivity index is 1.82. The van der Waals surface area contributed by atoms with Gasteiger partial charge >= 0.3 is 0 Å². The summed E-state index contributed by atoms with van der Waals surface area (Å²) in [6.07, 6.45) is 0. The minimum Gasteiger partial charge on any atom is -0.248 e. The maximum absolute atomic E-state index is 5.05. The number of para-hydroxylation sites is 1. The summed E-state index contributed by atoms with van der Waals surface area (Å²) in [5, 5.41) is 5.73. The predicted molar refractivity (Wildman–Crippen MR) is 125 cm³/mol. The minimum absolute atomic E-state index is 0.967. The van der Waals surface area contributed by atoms with Gasteiger partial charge < -0.3 is 0 Å². The number of halogens is 1. The van der Waals surface area contributed by atoms with Gasteiger partial charge in [-0.1, -0.05) is 76.6 Å². The Hall–Kier alpha value is -3.30. The molecule has 0 aliphatic heterocycles. The van der Waals surface area contributed by atoms with E-state index >= 15 is 0 Å². The zero-order chi connectivity index (χ0) is 19.4. The molecule has 6 aromatic rings. The zero-order valence-corrected chi connectivity index (χ0v) is 17.0. The van der Waals surface area contributed by atoms with Crippen molar-refractivity contribution >= 4 is 59.4 Å². The standard InChI is InChI=1S/C26H15BrN2/c27-18-11-14-23-21(15-18)25(24-13-10-17-6-2-4-8-22(17)28-24)20-12-9-16-5-1-3-7-19(16)26(20)29-23/h1-15H. The van der Waals surface area contributed by atoms with Crippen LogP contribution in [0.3, 0.4) is 0 Å². The third kappa shape index (κ3) is 2.62. The van der Waals surface area contributed by atoms with Crippen molar-refractivity contribution in [3.8, 4) is 11.3 Å². The maximum Gasteiger partial charge on any atom is 0.0794 e. The minimum atomic E-state index is 0.967. The van der Waals surface area contributed by atoms with Crippen LogP contribution >= 0.6 is 15.9 Å². The molecule has 0 unspecified atom stereocenters. The summed E-state index contributed by atoms with van der Waals surface area (Å²) in [6.45, 7) is 0. The summed E-state index contributed by atoms with van der Waals surface area (Å²) in [5.41, 5.74) is 5.08. The van der Waals surface area contributed by atoms with E-state index < -0.39 is 0 Å². The van der Waals surface area contributed by atoms with Crippen LogP contribution in [0.15, 0.2) is 95.5 Å². The molecule has 2 nitrogen and oxygen atoms in total. The first kappa shape index (κ1) is 16.6. The Labute approximate surface area is 176 Å². The van der Waals surface area contributed by atoms with Crippen molar-refractivity contribution in [2.45, 2.75) is 0 Å². The third-order valence-corrected chi connectivity index (χ3v) is 5.98. The van der Waals surface area contributed by atoms with Crippen LogP contribution in [-0.2, 0) is 0 Å². The molecule has 4 aromatic carbocycles. The number of hydrogen-bond acceptors (Lipinski definition) is 2. The molecule has 29 heavy (non-hydrogen) atoms. The Morgan fingerprint density at radius 1 is 0.552 bits per heavy atom. The average molecular weight is 435 g/mol. The molecule has 0 N–H and O–H groups in total. The first-order valence-electron chi connectivity index (χ1n) is 9.55. The van der Waals surface area contributed by atoms with E-state index in [9.17, 15) is 0 Å². The maximum atomic E-state index is 5.05. The predicted octanol–water partition coefficient (Wildman–Crippen LogP) is 7.52. The quantitative estimate of drug-likeness (QED) is 0.197. The van der Waals surface area contributed by atoms with E-state index in [1.165, 1.54) is 5.39 Å². The van der Waals surface area contributed by atoms with Gasteiger partial charge in [0, 0.05) is 31.6 Å². The topological polar surface area (TPSA) is 25.8 Å². The molecular formula is C26H15BrN2. The summed E-state index contributed by atoms with van der Waals surface area (Å²) in [5.74, 6) is 0. The van der Waals surface area contributed by atoms with Gasteiger partial charge in [0.05, 0.1) is 22.2 Å². The molecule has 136 valence electrons. The van der Waals surface area contributed by atoms with Gasteiger partial charge in [-0.25, -0.2) is 9.97 Å². The monoisotopic (exact) mass is 434 g/mol. The second-order valence-corrected chi connectivity index (χ2v) is 8.14. The molecule has 0 amide bonds. The molecule has 0 bridgehead atoms. The van der Waals surface area contributed by atoms with Crippen molar-refractivity contribution < 1.29 is 0 Å². The summed E-state index contributed by atoms with van der Waals surface area (Å²) >= 11 is 3.63. The first-order valence-corrected chi connectivity index (χ1v) is 10.3. The van der Waals surface area contributed by atoms with E-state index in [2.05, 4.69) is 88.7 Å². The van der Waals surface area contributed by atoms with E-state index in [1.807, 2.05) is 18.2 Å². The van der Waals surface area contributed by atoms with Crippen molar-refractivity contribution in [3.63, 3.8) is 0 Å². The summed E-state index contributed by atoms with van der Waals surface area (Å²) in [4.78, 5) is 10.1. The van der Waals surface area contributed by atoms with Crippen molar-refractivity contribution in [1.29, 1.82) is 0 Å². The van der Waals surface area contributed by atoms with Gasteiger partial charge in [0.2, 0.25) is 0 Å². The Bertz CT molecular complexity index is 1570. The zero-order valence-electron chi connectivity index (χ0n) is 15.4. The average Bonchev–Trinajstić information content (AvgIpc) is 2.77. The van der Waals surface area contributed by atoms with E-state index in [1.54, 1.807) is 0 Å². The van der Waals surface area contributed by atoms with Crippen LogP contribution in [-0.4, -0.2) is 9.97 Å². The lowest BCUT2D eigenvalue weighted by atomic mass is 9.96. The Morgan fingerprint density at radius 2 is 1.34 bits per heavy atom. The van der Waals surface area contributed by atoms with Gasteiger partial charge in [0.25, 0.3) is 0 Å². The SMILES string of the molecule is Brc1ccc2nc3c(ccc4ccccc43)c(-c3ccc4ccccc4n3)c2c1. The third-order valence-electron chi connectivity index (χ3n) is 5.48. The van der Waals surface area contributed by atoms with Crippen LogP contribution < -0.4 is 0 Å². The fraction of sp³-hybridized carbons (Fsp3) is 0. The lowest BCUT2D eigenvalue weighted by molar-refractivity contribution is 1.41. The van der Waals surface area contributed by atoms with Gasteiger partial charge in [0.15, 0.2) is 0 Å². The lowest BCUT2D eigenvalue weighted by Crippen LogP contribution is -1.93. The fourth-order valence-corrected chi connectivity index (χ4v) is 4.49. The smallest absolute Gasteiger partial charge is 0.0794 e. The molecule has 2 heterocycles. The molecule has 6 rings (SSSR count). The molecular weight excluding hydrogens is 420 g/mol. The van der Waals surface area contributed by atoms with Crippen LogP contribution in [0.2, 0.25) is 0 Å². The Kier molecular flexibility index (Phi) is 3.65. The van der Waals surface area contributed by atoms with Crippen LogP contribution in [0.5, 0.6) is 0 Å². The van der Waals surface area contributed by atoms with Gasteiger partial charge in [0.1, 0.15) is 0 Å². The highest BCUT2D eigenvalue weighted by molar-refractivity contribution is 9.10. The first-order chi connectivity index (χ1) is 14.3. The largest absolute Gasteiger partial charge is 0.248 e. The number of rotatable bonds is 1. The molecule has 0 fully saturated rings. The number of fused-ring (bicyclic) bond motifs is 5. The second kappa shape index (κ2) is 6.36. The number of hydrogen-bond donors (Lipinski definition) is 0. The number of aromatic nitrogens is 2. The molecule has 0 spiro atoms. The second-order valence-electron chi connectivity index (χ2n) is 7.22. The van der Waals surface area contributed by atoms with E-state index in [0.29, 0.717) is 0 Å².